The molecule has 32 heavy (non-hydrogen) atoms. The van der Waals surface area contributed by atoms with Crippen LogP contribution in [0.1, 0.15) is 25.7 Å². The maximum Gasteiger partial charge on any atom is 0.405 e. The number of nitrogens with zero attached hydrogens (tertiary/aromatic N) is 4. The van der Waals surface area contributed by atoms with E-state index < -0.39 is 18.8 Å². The molecule has 4 aromatic rings. The molecule has 3 aromatic heterocycles. The zero-order valence-electron chi connectivity index (χ0n) is 17.1. The predicted octanol–water partition coefficient (Wildman–Crippen LogP) is 4.86. The minimum Gasteiger partial charge on any atom is -0.420 e. The maximum absolute atomic E-state index is 12.3. The minimum absolute atomic E-state index is 0.120. The molecular formula is C21H19F3N6O2. The molecule has 0 bridgehead atoms. The summed E-state index contributed by atoms with van der Waals surface area (Å²) in [5.41, 5.74) is 3.17. The molecule has 0 atom stereocenters. The summed E-state index contributed by atoms with van der Waals surface area (Å²) in [5.74, 6) is 1.07. The number of benzene rings is 1. The molecule has 8 nitrogen and oxygen atoms in total. The zero-order valence-corrected chi connectivity index (χ0v) is 17.1. The van der Waals surface area contributed by atoms with E-state index in [0.29, 0.717) is 23.1 Å². The molecule has 0 saturated heterocycles. The first-order valence-electron chi connectivity index (χ1n) is 9.72. The zero-order chi connectivity index (χ0) is 22.9. The van der Waals surface area contributed by atoms with Crippen molar-refractivity contribution in [1.29, 1.82) is 0 Å². The molecule has 0 radical (unpaired) electrons. The van der Waals surface area contributed by atoms with Gasteiger partial charge in [0.25, 0.3) is 0 Å². The highest BCUT2D eigenvalue weighted by Crippen LogP contribution is 2.27. The standard InChI is InChI=1S/C21H19F3N6O2/c1-12(2)18-28-29-19(32-18)14-6-7-30-16(10-25-17(30)9-14)13-4-3-5-15(8-13)27-20(31)26-11-21(22,23)24/h3-10,12H,11H2,1-2H3,(H2,26,27,31). The third kappa shape index (κ3) is 4.71. The van der Waals surface area contributed by atoms with E-state index in [1.807, 2.05) is 42.6 Å². The second-order valence-electron chi connectivity index (χ2n) is 7.39. The van der Waals surface area contributed by atoms with Crippen LogP contribution in [0.2, 0.25) is 0 Å². The summed E-state index contributed by atoms with van der Waals surface area (Å²) >= 11 is 0. The van der Waals surface area contributed by atoms with Gasteiger partial charge in [-0.1, -0.05) is 26.0 Å². The number of nitrogens with one attached hydrogen (secondary N) is 2. The van der Waals surface area contributed by atoms with E-state index in [1.165, 1.54) is 0 Å². The van der Waals surface area contributed by atoms with Crippen LogP contribution in [0.5, 0.6) is 0 Å². The van der Waals surface area contributed by atoms with Crippen LogP contribution in [0.3, 0.4) is 0 Å². The second kappa shape index (κ2) is 8.33. The Labute approximate surface area is 180 Å². The van der Waals surface area contributed by atoms with Gasteiger partial charge in [0.2, 0.25) is 11.8 Å². The largest absolute Gasteiger partial charge is 0.420 e. The molecule has 0 aliphatic rings. The summed E-state index contributed by atoms with van der Waals surface area (Å²) in [4.78, 5) is 16.1. The van der Waals surface area contributed by atoms with Crippen LogP contribution >= 0.6 is 0 Å². The Balaban J connectivity index is 1.56. The fraction of sp³-hybridized carbons (Fsp3) is 0.238. The fourth-order valence-corrected chi connectivity index (χ4v) is 3.02. The van der Waals surface area contributed by atoms with Crippen LogP contribution < -0.4 is 10.6 Å². The van der Waals surface area contributed by atoms with Crippen LogP contribution in [-0.2, 0) is 0 Å². The molecular weight excluding hydrogens is 425 g/mol. The van der Waals surface area contributed by atoms with Crippen molar-refractivity contribution >= 4 is 17.4 Å². The van der Waals surface area contributed by atoms with Gasteiger partial charge in [-0.05, 0) is 24.3 Å². The number of imidazole rings is 1. The molecule has 0 fully saturated rings. The summed E-state index contributed by atoms with van der Waals surface area (Å²) in [6, 6.07) is 9.42. The summed E-state index contributed by atoms with van der Waals surface area (Å²) in [7, 11) is 0. The number of carbonyl (C=O) groups excluding carboxylic acids is 1. The highest BCUT2D eigenvalue weighted by Gasteiger charge is 2.27. The monoisotopic (exact) mass is 444 g/mol. The average molecular weight is 444 g/mol. The number of pyridine rings is 1. The summed E-state index contributed by atoms with van der Waals surface area (Å²) < 4.78 is 44.3. The Bertz CT molecular complexity index is 1260. The van der Waals surface area contributed by atoms with E-state index in [0.717, 1.165) is 16.8 Å². The van der Waals surface area contributed by atoms with Gasteiger partial charge in [0.1, 0.15) is 12.2 Å². The number of halogens is 3. The lowest BCUT2D eigenvalue weighted by Crippen LogP contribution is -2.36. The van der Waals surface area contributed by atoms with Crippen molar-refractivity contribution in [3.05, 3.63) is 54.7 Å². The molecule has 11 heteroatoms. The van der Waals surface area contributed by atoms with Gasteiger partial charge in [0, 0.05) is 28.9 Å². The van der Waals surface area contributed by atoms with Gasteiger partial charge in [-0.3, -0.25) is 4.40 Å². The quantitative estimate of drug-likeness (QED) is 0.458. The molecule has 2 amide bonds. The second-order valence-corrected chi connectivity index (χ2v) is 7.39. The number of rotatable bonds is 5. The van der Waals surface area contributed by atoms with Gasteiger partial charge in [-0.25, -0.2) is 9.78 Å². The molecule has 3 heterocycles. The third-order valence-electron chi connectivity index (χ3n) is 4.56. The molecule has 1 aromatic carbocycles. The van der Waals surface area contributed by atoms with Crippen molar-refractivity contribution in [2.45, 2.75) is 25.9 Å². The number of anilines is 1. The van der Waals surface area contributed by atoms with E-state index in [-0.39, 0.29) is 5.92 Å². The number of amides is 2. The molecule has 0 aliphatic heterocycles. The Morgan fingerprint density at radius 2 is 1.97 bits per heavy atom. The van der Waals surface area contributed by atoms with Crippen LogP contribution in [0.4, 0.5) is 23.7 Å². The lowest BCUT2D eigenvalue weighted by molar-refractivity contribution is -0.122. The highest BCUT2D eigenvalue weighted by molar-refractivity contribution is 5.90. The van der Waals surface area contributed by atoms with Crippen LogP contribution in [0.15, 0.2) is 53.2 Å². The Morgan fingerprint density at radius 3 is 2.69 bits per heavy atom. The summed E-state index contributed by atoms with van der Waals surface area (Å²) in [6.07, 6.45) is -1.01. The lowest BCUT2D eigenvalue weighted by atomic mass is 10.1. The number of hydrogen-bond donors (Lipinski definition) is 2. The smallest absolute Gasteiger partial charge is 0.405 e. The van der Waals surface area contributed by atoms with Crippen molar-refractivity contribution < 1.29 is 22.4 Å². The normalized spacial score (nSPS) is 11.8. The van der Waals surface area contributed by atoms with Crippen molar-refractivity contribution in [3.8, 4) is 22.7 Å². The molecule has 0 aliphatic carbocycles. The van der Waals surface area contributed by atoms with E-state index >= 15 is 0 Å². The average Bonchev–Trinajstić information content (AvgIpc) is 3.39. The molecule has 0 saturated carbocycles. The number of carbonyl (C=O) groups is 1. The summed E-state index contributed by atoms with van der Waals surface area (Å²) in [5, 5.41) is 12.3. The number of aromatic nitrogens is 4. The van der Waals surface area contributed by atoms with Gasteiger partial charge < -0.3 is 15.1 Å². The third-order valence-corrected chi connectivity index (χ3v) is 4.56. The van der Waals surface area contributed by atoms with Crippen molar-refractivity contribution in [2.24, 2.45) is 0 Å². The van der Waals surface area contributed by atoms with Gasteiger partial charge in [0.15, 0.2) is 0 Å². The Hall–Kier alpha value is -3.89. The van der Waals surface area contributed by atoms with E-state index in [2.05, 4.69) is 20.5 Å². The van der Waals surface area contributed by atoms with Crippen LogP contribution in [0, 0.1) is 0 Å². The van der Waals surface area contributed by atoms with Gasteiger partial charge in [-0.15, -0.1) is 10.2 Å². The molecule has 166 valence electrons. The topological polar surface area (TPSA) is 97.3 Å². The first kappa shape index (κ1) is 21.3. The first-order chi connectivity index (χ1) is 15.2. The molecule has 2 N–H and O–H groups in total. The van der Waals surface area contributed by atoms with E-state index in [4.69, 9.17) is 4.42 Å². The van der Waals surface area contributed by atoms with Gasteiger partial charge in [0.05, 0.1) is 11.9 Å². The minimum atomic E-state index is -4.48. The number of urea groups is 1. The number of hydrogen-bond acceptors (Lipinski definition) is 5. The van der Waals surface area contributed by atoms with Crippen molar-refractivity contribution in [2.75, 3.05) is 11.9 Å². The SMILES string of the molecule is CC(C)c1nnc(-c2ccn3c(-c4cccc(NC(=O)NCC(F)(F)F)c4)cnc3c2)o1. The maximum atomic E-state index is 12.3. The fourth-order valence-electron chi connectivity index (χ4n) is 3.02. The summed E-state index contributed by atoms with van der Waals surface area (Å²) in [6.45, 7) is 2.52. The van der Waals surface area contributed by atoms with E-state index in [1.54, 1.807) is 29.7 Å². The van der Waals surface area contributed by atoms with E-state index in [9.17, 15) is 18.0 Å². The highest BCUT2D eigenvalue weighted by atomic mass is 19.4. The number of fused-ring (bicyclic) bond motifs is 1. The van der Waals surface area contributed by atoms with Crippen LogP contribution in [-0.4, -0.2) is 38.3 Å². The molecule has 4 rings (SSSR count). The van der Waals surface area contributed by atoms with Crippen LogP contribution in [0.25, 0.3) is 28.4 Å². The predicted molar refractivity (Wildman–Crippen MR) is 111 cm³/mol. The Morgan fingerprint density at radius 1 is 1.16 bits per heavy atom. The Kier molecular flexibility index (Phi) is 5.56. The van der Waals surface area contributed by atoms with Gasteiger partial charge in [-0.2, -0.15) is 13.2 Å². The van der Waals surface area contributed by atoms with Crippen molar-refractivity contribution in [3.63, 3.8) is 0 Å². The number of alkyl halides is 3. The van der Waals surface area contributed by atoms with Gasteiger partial charge >= 0.3 is 12.2 Å². The molecule has 0 spiro atoms. The first-order valence-corrected chi connectivity index (χ1v) is 9.72. The lowest BCUT2D eigenvalue weighted by Gasteiger charge is -2.10. The molecule has 0 unspecified atom stereocenters. The van der Waals surface area contributed by atoms with Crippen molar-refractivity contribution in [1.82, 2.24) is 24.9 Å².